The fraction of sp³-hybridized carbons (Fsp3) is 0.615. The Morgan fingerprint density at radius 1 is 1.11 bits per heavy atom. The molecule has 104 valence electrons. The van der Waals surface area contributed by atoms with Crippen molar-refractivity contribution >= 4 is 18.0 Å². The van der Waals surface area contributed by atoms with Gasteiger partial charge in [0.2, 0.25) is 0 Å². The minimum absolute atomic E-state index is 0.0837. The maximum absolute atomic E-state index is 11.5. The molecule has 1 aliphatic heterocycles. The van der Waals surface area contributed by atoms with E-state index >= 15 is 0 Å². The number of hydroxylamine groups is 2. The number of ether oxygens (including phenoxy) is 1. The number of carbonyl (C=O) groups excluding carboxylic acids is 3. The van der Waals surface area contributed by atoms with Gasteiger partial charge in [-0.15, -0.1) is 0 Å². The quantitative estimate of drug-likeness (QED) is 0.435. The molecule has 0 saturated carbocycles. The third kappa shape index (κ3) is 3.81. The summed E-state index contributed by atoms with van der Waals surface area (Å²) >= 11 is 0. The van der Waals surface area contributed by atoms with E-state index in [2.05, 4.69) is 17.0 Å². The molecule has 2 aliphatic rings. The van der Waals surface area contributed by atoms with Crippen molar-refractivity contribution in [2.24, 2.45) is 0 Å². The van der Waals surface area contributed by atoms with E-state index in [1.807, 2.05) is 0 Å². The predicted molar refractivity (Wildman–Crippen MR) is 64.7 cm³/mol. The molecular weight excluding hydrogens is 250 g/mol. The second-order valence-electron chi connectivity index (χ2n) is 4.64. The summed E-state index contributed by atoms with van der Waals surface area (Å²) in [6.07, 6.45) is 7.41. The lowest BCUT2D eigenvalue weighted by Crippen LogP contribution is -2.33. The molecule has 6 heteroatoms. The van der Waals surface area contributed by atoms with Gasteiger partial charge in [0.05, 0.1) is 0 Å². The lowest BCUT2D eigenvalue weighted by molar-refractivity contribution is -0.178. The SMILES string of the molecule is O=C(OC1CC/C=C\CCC1)ON1C(=O)CCC1=O. The maximum atomic E-state index is 11.5. The summed E-state index contributed by atoms with van der Waals surface area (Å²) in [5.41, 5.74) is 0. The zero-order valence-corrected chi connectivity index (χ0v) is 10.7. The largest absolute Gasteiger partial charge is 0.534 e. The van der Waals surface area contributed by atoms with Crippen molar-refractivity contribution in [1.82, 2.24) is 5.06 Å². The Labute approximate surface area is 111 Å². The number of carbonyl (C=O) groups is 3. The van der Waals surface area contributed by atoms with Crippen LogP contribution in [-0.4, -0.2) is 29.1 Å². The Hall–Kier alpha value is -1.85. The molecule has 1 aliphatic carbocycles. The van der Waals surface area contributed by atoms with Crippen LogP contribution in [0, 0.1) is 0 Å². The van der Waals surface area contributed by atoms with Gasteiger partial charge in [-0.3, -0.25) is 14.4 Å². The molecule has 1 saturated heterocycles. The van der Waals surface area contributed by atoms with Gasteiger partial charge in [0.25, 0.3) is 11.8 Å². The Morgan fingerprint density at radius 2 is 1.79 bits per heavy atom. The van der Waals surface area contributed by atoms with Crippen LogP contribution in [0.3, 0.4) is 0 Å². The van der Waals surface area contributed by atoms with Crippen molar-refractivity contribution in [2.75, 3.05) is 0 Å². The zero-order valence-electron chi connectivity index (χ0n) is 10.7. The van der Waals surface area contributed by atoms with Crippen LogP contribution in [0.4, 0.5) is 4.79 Å². The van der Waals surface area contributed by atoms with Crippen molar-refractivity contribution in [3.05, 3.63) is 12.2 Å². The molecule has 0 aromatic carbocycles. The van der Waals surface area contributed by atoms with Crippen LogP contribution in [0.25, 0.3) is 0 Å². The van der Waals surface area contributed by atoms with Gasteiger partial charge in [0.1, 0.15) is 6.10 Å². The first-order chi connectivity index (χ1) is 9.16. The molecule has 0 radical (unpaired) electrons. The van der Waals surface area contributed by atoms with Crippen LogP contribution in [-0.2, 0) is 19.2 Å². The summed E-state index contributed by atoms with van der Waals surface area (Å²) in [5, 5.41) is 0.505. The van der Waals surface area contributed by atoms with Gasteiger partial charge in [-0.25, -0.2) is 4.79 Å². The van der Waals surface area contributed by atoms with E-state index in [1.165, 1.54) is 0 Å². The molecule has 1 heterocycles. The van der Waals surface area contributed by atoms with E-state index < -0.39 is 18.0 Å². The van der Waals surface area contributed by atoms with E-state index in [0.29, 0.717) is 5.06 Å². The highest BCUT2D eigenvalue weighted by molar-refractivity contribution is 6.01. The molecule has 1 fully saturated rings. The minimum Gasteiger partial charge on any atom is -0.429 e. The highest BCUT2D eigenvalue weighted by atomic mass is 16.8. The van der Waals surface area contributed by atoms with Crippen LogP contribution < -0.4 is 0 Å². The molecule has 0 bridgehead atoms. The molecule has 0 aromatic heterocycles. The Bertz CT molecular complexity index is 388. The molecule has 1 unspecified atom stereocenters. The summed E-state index contributed by atoms with van der Waals surface area (Å²) < 4.78 is 5.14. The zero-order chi connectivity index (χ0) is 13.7. The number of hydrogen-bond donors (Lipinski definition) is 0. The molecular formula is C13H17NO5. The van der Waals surface area contributed by atoms with Crippen LogP contribution in [0.5, 0.6) is 0 Å². The van der Waals surface area contributed by atoms with E-state index in [4.69, 9.17) is 4.74 Å². The summed E-state index contributed by atoms with van der Waals surface area (Å²) in [6.45, 7) is 0. The summed E-state index contributed by atoms with van der Waals surface area (Å²) in [5.74, 6) is -0.995. The number of rotatable bonds is 2. The molecule has 0 N–H and O–H groups in total. The van der Waals surface area contributed by atoms with Crippen molar-refractivity contribution in [2.45, 2.75) is 51.0 Å². The number of amides is 2. The molecule has 0 aromatic rings. The Kier molecular flexibility index (Phi) is 4.54. The number of hydrogen-bond acceptors (Lipinski definition) is 5. The van der Waals surface area contributed by atoms with Crippen LogP contribution in [0.2, 0.25) is 0 Å². The van der Waals surface area contributed by atoms with E-state index in [1.54, 1.807) is 0 Å². The van der Waals surface area contributed by atoms with Crippen LogP contribution in [0.15, 0.2) is 12.2 Å². The third-order valence-electron chi connectivity index (χ3n) is 3.15. The summed E-state index contributed by atoms with van der Waals surface area (Å²) in [6, 6.07) is 0. The molecule has 0 spiro atoms. The first-order valence-corrected chi connectivity index (χ1v) is 6.56. The fourth-order valence-corrected chi connectivity index (χ4v) is 2.13. The van der Waals surface area contributed by atoms with Gasteiger partial charge in [0.15, 0.2) is 0 Å². The normalized spacial score (nSPS) is 25.7. The second kappa shape index (κ2) is 6.36. The monoisotopic (exact) mass is 267 g/mol. The number of allylic oxidation sites excluding steroid dienone is 2. The first kappa shape index (κ1) is 13.6. The van der Waals surface area contributed by atoms with Gasteiger partial charge in [-0.1, -0.05) is 17.2 Å². The predicted octanol–water partition coefficient (Wildman–Crippen LogP) is 2.09. The summed E-state index contributed by atoms with van der Waals surface area (Å²) in [7, 11) is 0. The molecule has 2 amide bonds. The molecule has 19 heavy (non-hydrogen) atoms. The van der Waals surface area contributed by atoms with Crippen molar-refractivity contribution < 1.29 is 24.0 Å². The van der Waals surface area contributed by atoms with Gasteiger partial charge in [-0.2, -0.15) is 0 Å². The third-order valence-corrected chi connectivity index (χ3v) is 3.15. The van der Waals surface area contributed by atoms with Gasteiger partial charge in [0, 0.05) is 12.8 Å². The van der Waals surface area contributed by atoms with Crippen LogP contribution in [0.1, 0.15) is 44.9 Å². The maximum Gasteiger partial charge on any atom is 0.534 e. The van der Waals surface area contributed by atoms with E-state index in [-0.39, 0.29) is 18.9 Å². The second-order valence-corrected chi connectivity index (χ2v) is 4.64. The number of nitrogens with zero attached hydrogens (tertiary/aromatic N) is 1. The first-order valence-electron chi connectivity index (χ1n) is 6.56. The van der Waals surface area contributed by atoms with Crippen molar-refractivity contribution in [1.29, 1.82) is 0 Å². The minimum atomic E-state index is -0.974. The highest BCUT2D eigenvalue weighted by Crippen LogP contribution is 2.18. The van der Waals surface area contributed by atoms with Crippen LogP contribution >= 0.6 is 0 Å². The highest BCUT2D eigenvalue weighted by Gasteiger charge is 2.33. The average Bonchev–Trinajstić information content (AvgIpc) is 2.64. The lowest BCUT2D eigenvalue weighted by Gasteiger charge is -2.19. The fourth-order valence-electron chi connectivity index (χ4n) is 2.13. The molecule has 6 nitrogen and oxygen atoms in total. The van der Waals surface area contributed by atoms with Crippen molar-refractivity contribution in [3.63, 3.8) is 0 Å². The van der Waals surface area contributed by atoms with Gasteiger partial charge in [-0.05, 0) is 32.1 Å². The average molecular weight is 267 g/mol. The van der Waals surface area contributed by atoms with Gasteiger partial charge >= 0.3 is 6.16 Å². The molecule has 1 atom stereocenters. The Balaban J connectivity index is 1.81. The summed E-state index contributed by atoms with van der Waals surface area (Å²) in [4.78, 5) is 38.8. The topological polar surface area (TPSA) is 72.9 Å². The number of imide groups is 1. The van der Waals surface area contributed by atoms with E-state index in [0.717, 1.165) is 32.1 Å². The van der Waals surface area contributed by atoms with Gasteiger partial charge < -0.3 is 4.74 Å². The Morgan fingerprint density at radius 3 is 2.53 bits per heavy atom. The lowest BCUT2D eigenvalue weighted by atomic mass is 10.0. The van der Waals surface area contributed by atoms with Crippen molar-refractivity contribution in [3.8, 4) is 0 Å². The molecule has 2 rings (SSSR count). The smallest absolute Gasteiger partial charge is 0.429 e. The standard InChI is InChI=1S/C13H17NO5/c15-11-8-9-12(16)14(11)19-13(17)18-10-6-4-2-1-3-5-7-10/h1-2,10H,3-9H2/b2-1-. The van der Waals surface area contributed by atoms with E-state index in [9.17, 15) is 14.4 Å².